The van der Waals surface area contributed by atoms with Crippen molar-refractivity contribution in [1.82, 2.24) is 0 Å². The first kappa shape index (κ1) is 15.9. The lowest BCUT2D eigenvalue weighted by molar-refractivity contribution is 0.263. The number of hydrogen-bond donors (Lipinski definition) is 0. The van der Waals surface area contributed by atoms with Gasteiger partial charge in [-0.25, -0.2) is 0 Å². The van der Waals surface area contributed by atoms with Gasteiger partial charge in [0.1, 0.15) is 36.9 Å². The van der Waals surface area contributed by atoms with Gasteiger partial charge in [-0.3, -0.25) is 0 Å². The lowest BCUT2D eigenvalue weighted by Gasteiger charge is -2.12. The molecule has 2 aromatic carbocycles. The molecule has 2 saturated heterocycles. The largest absolute Gasteiger partial charge is 0.491 e. The fourth-order valence-electron chi connectivity index (χ4n) is 2.56. The molecule has 0 bridgehead atoms. The molecule has 0 aromatic heterocycles. The SMILES string of the molecule is N#CC(c1ccc(OCC2CO2)cc1)c1ccc(OCC2CO2)cc1. The minimum absolute atomic E-state index is 0.235. The molecular formula is C20H19NO4. The molecule has 2 aliphatic rings. The van der Waals surface area contributed by atoms with E-state index in [1.807, 2.05) is 48.5 Å². The van der Waals surface area contributed by atoms with Gasteiger partial charge in [-0.15, -0.1) is 0 Å². The summed E-state index contributed by atoms with van der Waals surface area (Å²) < 4.78 is 21.5. The maximum absolute atomic E-state index is 9.59. The molecule has 2 aliphatic heterocycles. The third-order valence-electron chi connectivity index (χ3n) is 4.23. The van der Waals surface area contributed by atoms with Crippen molar-refractivity contribution >= 4 is 0 Å². The molecule has 128 valence electrons. The zero-order chi connectivity index (χ0) is 17.1. The van der Waals surface area contributed by atoms with Gasteiger partial charge in [0.15, 0.2) is 0 Å². The Labute approximate surface area is 146 Å². The van der Waals surface area contributed by atoms with Crippen LogP contribution in [0.15, 0.2) is 48.5 Å². The van der Waals surface area contributed by atoms with Crippen LogP contribution in [0.5, 0.6) is 11.5 Å². The molecule has 2 atom stereocenters. The molecule has 0 radical (unpaired) electrons. The van der Waals surface area contributed by atoms with Crippen molar-refractivity contribution in [3.05, 3.63) is 59.7 Å². The Balaban J connectivity index is 1.40. The van der Waals surface area contributed by atoms with E-state index in [0.29, 0.717) is 13.2 Å². The quantitative estimate of drug-likeness (QED) is 0.693. The van der Waals surface area contributed by atoms with Gasteiger partial charge < -0.3 is 18.9 Å². The van der Waals surface area contributed by atoms with Crippen LogP contribution in [0.1, 0.15) is 17.0 Å². The van der Waals surface area contributed by atoms with E-state index in [-0.39, 0.29) is 18.1 Å². The van der Waals surface area contributed by atoms with E-state index in [2.05, 4.69) is 6.07 Å². The fourth-order valence-corrected chi connectivity index (χ4v) is 2.56. The number of rotatable bonds is 8. The highest BCUT2D eigenvalue weighted by molar-refractivity contribution is 5.42. The van der Waals surface area contributed by atoms with Gasteiger partial charge >= 0.3 is 0 Å². The molecule has 0 saturated carbocycles. The molecule has 0 aliphatic carbocycles. The van der Waals surface area contributed by atoms with Crippen LogP contribution >= 0.6 is 0 Å². The highest BCUT2D eigenvalue weighted by Crippen LogP contribution is 2.28. The maximum atomic E-state index is 9.59. The number of hydrogen-bond acceptors (Lipinski definition) is 5. The van der Waals surface area contributed by atoms with Gasteiger partial charge in [-0.05, 0) is 35.4 Å². The van der Waals surface area contributed by atoms with Crippen molar-refractivity contribution < 1.29 is 18.9 Å². The fraction of sp³-hybridized carbons (Fsp3) is 0.350. The molecule has 25 heavy (non-hydrogen) atoms. The first-order valence-corrected chi connectivity index (χ1v) is 8.40. The van der Waals surface area contributed by atoms with Crippen molar-refractivity contribution in [2.75, 3.05) is 26.4 Å². The third kappa shape index (κ3) is 4.30. The van der Waals surface area contributed by atoms with Crippen LogP contribution in [-0.4, -0.2) is 38.6 Å². The number of nitriles is 1. The van der Waals surface area contributed by atoms with Crippen LogP contribution in [0.25, 0.3) is 0 Å². The number of benzene rings is 2. The summed E-state index contributed by atoms with van der Waals surface area (Å²) in [5.74, 6) is 1.27. The van der Waals surface area contributed by atoms with Crippen LogP contribution < -0.4 is 9.47 Å². The number of epoxide rings is 2. The maximum Gasteiger partial charge on any atom is 0.119 e. The Hall–Kier alpha value is -2.55. The summed E-state index contributed by atoms with van der Waals surface area (Å²) >= 11 is 0. The van der Waals surface area contributed by atoms with Crippen LogP contribution in [0, 0.1) is 11.3 Å². The lowest BCUT2D eigenvalue weighted by atomic mass is 9.92. The molecule has 0 spiro atoms. The Morgan fingerprint density at radius 1 is 0.840 bits per heavy atom. The number of ether oxygens (including phenoxy) is 4. The Morgan fingerprint density at radius 2 is 1.24 bits per heavy atom. The summed E-state index contributed by atoms with van der Waals surface area (Å²) in [5.41, 5.74) is 1.88. The normalized spacial score (nSPS) is 21.9. The predicted octanol–water partition coefficient (Wildman–Crippen LogP) is 2.90. The second-order valence-electron chi connectivity index (χ2n) is 6.23. The summed E-state index contributed by atoms with van der Waals surface area (Å²) in [7, 11) is 0. The van der Waals surface area contributed by atoms with Crippen molar-refractivity contribution in [1.29, 1.82) is 5.26 Å². The molecule has 0 amide bonds. The average Bonchev–Trinajstić information content (AvgIpc) is 3.56. The standard InChI is InChI=1S/C20H19NO4/c21-9-20(14-1-5-16(6-2-14)22-10-18-12-24-18)15-3-7-17(8-4-15)23-11-19-13-25-19/h1-8,18-20H,10-13H2. The Bertz CT molecular complexity index is 683. The smallest absolute Gasteiger partial charge is 0.119 e. The molecule has 2 unspecified atom stereocenters. The Morgan fingerprint density at radius 3 is 1.56 bits per heavy atom. The van der Waals surface area contributed by atoms with E-state index < -0.39 is 0 Å². The highest BCUT2D eigenvalue weighted by atomic mass is 16.6. The van der Waals surface area contributed by atoms with Gasteiger partial charge in [0.25, 0.3) is 0 Å². The average molecular weight is 337 g/mol. The van der Waals surface area contributed by atoms with Crippen molar-refractivity contribution in [3.63, 3.8) is 0 Å². The minimum atomic E-state index is -0.318. The zero-order valence-electron chi connectivity index (χ0n) is 13.8. The van der Waals surface area contributed by atoms with Crippen LogP contribution in [0.4, 0.5) is 0 Å². The summed E-state index contributed by atoms with van der Waals surface area (Å²) in [6.07, 6.45) is 0.470. The van der Waals surface area contributed by atoms with Crippen LogP contribution in [0.3, 0.4) is 0 Å². The topological polar surface area (TPSA) is 67.3 Å². The Kier molecular flexibility index (Phi) is 4.55. The van der Waals surface area contributed by atoms with E-state index >= 15 is 0 Å². The van der Waals surface area contributed by atoms with Crippen LogP contribution in [0.2, 0.25) is 0 Å². The molecule has 2 aromatic rings. The molecule has 4 rings (SSSR count). The van der Waals surface area contributed by atoms with E-state index in [9.17, 15) is 5.26 Å². The van der Waals surface area contributed by atoms with E-state index in [1.54, 1.807) is 0 Å². The van der Waals surface area contributed by atoms with E-state index in [0.717, 1.165) is 35.8 Å². The zero-order valence-corrected chi connectivity index (χ0v) is 13.8. The van der Waals surface area contributed by atoms with Crippen molar-refractivity contribution in [2.45, 2.75) is 18.1 Å². The summed E-state index contributed by atoms with van der Waals surface area (Å²) in [6.45, 7) is 2.72. The molecule has 2 fully saturated rings. The molecule has 5 nitrogen and oxygen atoms in total. The first-order valence-electron chi connectivity index (χ1n) is 8.40. The van der Waals surface area contributed by atoms with Crippen molar-refractivity contribution in [2.24, 2.45) is 0 Å². The van der Waals surface area contributed by atoms with Gasteiger partial charge in [-0.1, -0.05) is 24.3 Å². The van der Waals surface area contributed by atoms with Gasteiger partial charge in [0, 0.05) is 0 Å². The monoisotopic (exact) mass is 337 g/mol. The summed E-state index contributed by atoms with van der Waals surface area (Å²) in [6, 6.07) is 17.7. The highest BCUT2D eigenvalue weighted by Gasteiger charge is 2.24. The minimum Gasteiger partial charge on any atom is -0.491 e. The molecule has 2 heterocycles. The van der Waals surface area contributed by atoms with Gasteiger partial charge in [0.05, 0.1) is 25.2 Å². The van der Waals surface area contributed by atoms with Gasteiger partial charge in [0.2, 0.25) is 0 Å². The molecule has 5 heteroatoms. The second-order valence-corrected chi connectivity index (χ2v) is 6.23. The molecule has 0 N–H and O–H groups in total. The summed E-state index contributed by atoms with van der Waals surface area (Å²) in [5, 5.41) is 9.59. The van der Waals surface area contributed by atoms with Crippen LogP contribution in [-0.2, 0) is 9.47 Å². The van der Waals surface area contributed by atoms with Gasteiger partial charge in [-0.2, -0.15) is 5.26 Å². The van der Waals surface area contributed by atoms with E-state index in [4.69, 9.17) is 18.9 Å². The third-order valence-corrected chi connectivity index (χ3v) is 4.23. The number of nitrogens with zero attached hydrogens (tertiary/aromatic N) is 1. The van der Waals surface area contributed by atoms with E-state index in [1.165, 1.54) is 0 Å². The first-order chi connectivity index (χ1) is 12.3. The lowest BCUT2D eigenvalue weighted by Crippen LogP contribution is -2.05. The predicted molar refractivity (Wildman–Crippen MR) is 90.8 cm³/mol. The second kappa shape index (κ2) is 7.14. The molecular weight excluding hydrogens is 318 g/mol. The van der Waals surface area contributed by atoms with Crippen molar-refractivity contribution in [3.8, 4) is 17.6 Å². The summed E-state index contributed by atoms with van der Waals surface area (Å²) in [4.78, 5) is 0.